The Morgan fingerprint density at radius 3 is 2.85 bits per heavy atom. The summed E-state index contributed by atoms with van der Waals surface area (Å²) in [5.41, 5.74) is 0. The summed E-state index contributed by atoms with van der Waals surface area (Å²) < 4.78 is 0. The maximum Gasteiger partial charge on any atom is 0.191 e. The van der Waals surface area contributed by atoms with Crippen molar-refractivity contribution in [1.29, 1.82) is 0 Å². The Kier molecular flexibility index (Phi) is 13.2. The molecule has 0 radical (unpaired) electrons. The van der Waals surface area contributed by atoms with Crippen molar-refractivity contribution < 1.29 is 0 Å². The first-order valence-corrected chi connectivity index (χ1v) is 8.89. The van der Waals surface area contributed by atoms with E-state index < -0.39 is 0 Å². The molecular weight excluding hydrogens is 383 g/mol. The van der Waals surface area contributed by atoms with E-state index in [1.807, 2.05) is 11.8 Å². The molecule has 0 amide bonds. The molecule has 1 aliphatic rings. The zero-order chi connectivity index (χ0) is 13.9. The molecule has 0 spiro atoms. The number of aliphatic imine (C=N–C) groups is 1. The number of halogens is 1. The Bertz CT molecular complexity index is 264. The van der Waals surface area contributed by atoms with E-state index >= 15 is 0 Å². The first-order chi connectivity index (χ1) is 9.26. The normalized spacial score (nSPS) is 20.4. The predicted octanol–water partition coefficient (Wildman–Crippen LogP) is 2.25. The van der Waals surface area contributed by atoms with Crippen molar-refractivity contribution in [1.82, 2.24) is 15.5 Å². The third-order valence-corrected chi connectivity index (χ3v) is 3.98. The second-order valence-electron chi connectivity index (χ2n) is 5.23. The average Bonchev–Trinajstić information content (AvgIpc) is 2.39. The lowest BCUT2D eigenvalue weighted by Gasteiger charge is -2.30. The summed E-state index contributed by atoms with van der Waals surface area (Å²) in [6.07, 6.45) is 4.86. The number of rotatable bonds is 7. The molecule has 1 atom stereocenters. The molecule has 0 bridgehead atoms. The molecule has 0 aromatic rings. The van der Waals surface area contributed by atoms with Crippen molar-refractivity contribution in [3.63, 3.8) is 0 Å². The smallest absolute Gasteiger partial charge is 0.191 e. The van der Waals surface area contributed by atoms with E-state index in [9.17, 15) is 0 Å². The minimum atomic E-state index is 0. The zero-order valence-corrected chi connectivity index (χ0v) is 16.3. The highest BCUT2D eigenvalue weighted by molar-refractivity contribution is 14.0. The highest BCUT2D eigenvalue weighted by atomic mass is 127. The largest absolute Gasteiger partial charge is 0.357 e. The maximum absolute atomic E-state index is 4.65. The van der Waals surface area contributed by atoms with Gasteiger partial charge in [-0.05, 0) is 38.5 Å². The van der Waals surface area contributed by atoms with Crippen LogP contribution in [0, 0.1) is 5.92 Å². The monoisotopic (exact) mass is 414 g/mol. The first kappa shape index (κ1) is 20.3. The maximum atomic E-state index is 4.65. The topological polar surface area (TPSA) is 39.7 Å². The van der Waals surface area contributed by atoms with E-state index in [0.29, 0.717) is 0 Å². The van der Waals surface area contributed by atoms with Gasteiger partial charge in [-0.2, -0.15) is 11.8 Å². The van der Waals surface area contributed by atoms with Crippen molar-refractivity contribution in [2.75, 3.05) is 51.3 Å². The molecule has 120 valence electrons. The van der Waals surface area contributed by atoms with Crippen LogP contribution in [0.1, 0.15) is 26.7 Å². The van der Waals surface area contributed by atoms with Gasteiger partial charge in [-0.25, -0.2) is 0 Å². The van der Waals surface area contributed by atoms with Crippen LogP contribution in [0.2, 0.25) is 0 Å². The van der Waals surface area contributed by atoms with E-state index in [1.165, 1.54) is 25.9 Å². The SMILES string of the molecule is CCNC(=NCCN1CCCC(C)C1)NCCSC.I. The van der Waals surface area contributed by atoms with Crippen molar-refractivity contribution in [3.05, 3.63) is 0 Å². The molecular formula is C14H31IN4S. The molecule has 1 aliphatic heterocycles. The van der Waals surface area contributed by atoms with Crippen LogP contribution in [0.4, 0.5) is 0 Å². The second kappa shape index (κ2) is 13.0. The van der Waals surface area contributed by atoms with Crippen molar-refractivity contribution in [2.45, 2.75) is 26.7 Å². The molecule has 1 rings (SSSR count). The van der Waals surface area contributed by atoms with Gasteiger partial charge in [0.2, 0.25) is 0 Å². The summed E-state index contributed by atoms with van der Waals surface area (Å²) in [5.74, 6) is 2.93. The van der Waals surface area contributed by atoms with Crippen LogP contribution in [0.3, 0.4) is 0 Å². The number of guanidine groups is 1. The molecule has 1 heterocycles. The van der Waals surface area contributed by atoms with Gasteiger partial charge in [-0.3, -0.25) is 4.99 Å². The fourth-order valence-corrected chi connectivity index (χ4v) is 2.71. The number of thioether (sulfide) groups is 1. The summed E-state index contributed by atoms with van der Waals surface area (Å²) in [7, 11) is 0. The molecule has 1 fully saturated rings. The number of piperidine rings is 1. The van der Waals surface area contributed by atoms with Gasteiger partial charge in [0.25, 0.3) is 0 Å². The van der Waals surface area contributed by atoms with E-state index in [4.69, 9.17) is 0 Å². The molecule has 4 nitrogen and oxygen atoms in total. The van der Waals surface area contributed by atoms with Crippen molar-refractivity contribution in [2.24, 2.45) is 10.9 Å². The van der Waals surface area contributed by atoms with Gasteiger partial charge in [0.05, 0.1) is 6.54 Å². The van der Waals surface area contributed by atoms with Gasteiger partial charge < -0.3 is 15.5 Å². The molecule has 2 N–H and O–H groups in total. The third kappa shape index (κ3) is 9.28. The lowest BCUT2D eigenvalue weighted by Crippen LogP contribution is -2.40. The fraction of sp³-hybridized carbons (Fsp3) is 0.929. The first-order valence-electron chi connectivity index (χ1n) is 7.49. The molecule has 0 aromatic heterocycles. The molecule has 0 aromatic carbocycles. The van der Waals surface area contributed by atoms with Crippen molar-refractivity contribution in [3.8, 4) is 0 Å². The number of nitrogens with zero attached hydrogens (tertiary/aromatic N) is 2. The predicted molar refractivity (Wildman–Crippen MR) is 103 cm³/mol. The number of hydrogen-bond acceptors (Lipinski definition) is 3. The van der Waals surface area contributed by atoms with Gasteiger partial charge in [-0.15, -0.1) is 24.0 Å². The Balaban J connectivity index is 0.00000361. The summed E-state index contributed by atoms with van der Waals surface area (Å²) in [6.45, 7) is 10.8. The second-order valence-corrected chi connectivity index (χ2v) is 6.21. The van der Waals surface area contributed by atoms with E-state index in [0.717, 1.165) is 43.8 Å². The Morgan fingerprint density at radius 1 is 1.40 bits per heavy atom. The lowest BCUT2D eigenvalue weighted by atomic mass is 10.0. The molecule has 6 heteroatoms. The summed E-state index contributed by atoms with van der Waals surface area (Å²) >= 11 is 1.85. The number of hydrogen-bond donors (Lipinski definition) is 2. The van der Waals surface area contributed by atoms with Gasteiger partial charge in [-0.1, -0.05) is 6.92 Å². The Labute approximate surface area is 145 Å². The van der Waals surface area contributed by atoms with Crippen LogP contribution in [0.25, 0.3) is 0 Å². The van der Waals surface area contributed by atoms with Gasteiger partial charge in [0.15, 0.2) is 5.96 Å². The van der Waals surface area contributed by atoms with Crippen LogP contribution in [-0.4, -0.2) is 62.1 Å². The van der Waals surface area contributed by atoms with E-state index in [2.05, 4.69) is 40.6 Å². The van der Waals surface area contributed by atoms with Crippen LogP contribution >= 0.6 is 35.7 Å². The lowest BCUT2D eigenvalue weighted by molar-refractivity contribution is 0.189. The van der Waals surface area contributed by atoms with Crippen LogP contribution in [-0.2, 0) is 0 Å². The van der Waals surface area contributed by atoms with Crippen LogP contribution < -0.4 is 10.6 Å². The van der Waals surface area contributed by atoms with Crippen LogP contribution in [0.5, 0.6) is 0 Å². The third-order valence-electron chi connectivity index (χ3n) is 3.37. The summed E-state index contributed by atoms with van der Waals surface area (Å²) in [6, 6.07) is 0. The van der Waals surface area contributed by atoms with E-state index in [-0.39, 0.29) is 24.0 Å². The average molecular weight is 414 g/mol. The standard InChI is InChI=1S/C14H30N4S.HI/c1-4-15-14(17-8-11-19-3)16-7-10-18-9-5-6-13(2)12-18;/h13H,4-12H2,1-3H3,(H2,15,16,17);1H. The number of likely N-dealkylation sites (tertiary alicyclic amines) is 1. The minimum Gasteiger partial charge on any atom is -0.357 e. The van der Waals surface area contributed by atoms with Gasteiger partial charge in [0.1, 0.15) is 0 Å². The molecule has 20 heavy (non-hydrogen) atoms. The zero-order valence-electron chi connectivity index (χ0n) is 13.2. The molecule has 1 saturated heterocycles. The minimum absolute atomic E-state index is 0. The molecule has 0 aliphatic carbocycles. The van der Waals surface area contributed by atoms with Crippen molar-refractivity contribution >= 4 is 41.7 Å². The number of nitrogens with one attached hydrogen (secondary N) is 2. The van der Waals surface area contributed by atoms with Crippen LogP contribution in [0.15, 0.2) is 4.99 Å². The fourth-order valence-electron chi connectivity index (χ4n) is 2.41. The molecule has 0 saturated carbocycles. The highest BCUT2D eigenvalue weighted by Gasteiger charge is 2.15. The van der Waals surface area contributed by atoms with Gasteiger partial charge in [0, 0.05) is 31.9 Å². The summed E-state index contributed by atoms with van der Waals surface area (Å²) in [5, 5.41) is 6.67. The highest BCUT2D eigenvalue weighted by Crippen LogP contribution is 2.14. The van der Waals surface area contributed by atoms with E-state index in [1.54, 1.807) is 0 Å². The molecule has 1 unspecified atom stereocenters. The van der Waals surface area contributed by atoms with Gasteiger partial charge >= 0.3 is 0 Å². The quantitative estimate of drug-likeness (QED) is 0.290. The Hall–Kier alpha value is 0.310. The Morgan fingerprint density at radius 2 is 2.20 bits per heavy atom. The summed E-state index contributed by atoms with van der Waals surface area (Å²) in [4.78, 5) is 7.19.